The summed E-state index contributed by atoms with van der Waals surface area (Å²) < 4.78 is 11.0. The molecule has 1 aromatic carbocycles. The number of hydrogen-bond donors (Lipinski definition) is 0. The Morgan fingerprint density at radius 3 is 2.50 bits per heavy atom. The van der Waals surface area contributed by atoms with Gasteiger partial charge in [0, 0.05) is 45.3 Å². The molecule has 2 saturated heterocycles. The van der Waals surface area contributed by atoms with Gasteiger partial charge in [0.1, 0.15) is 5.75 Å². The maximum Gasteiger partial charge on any atom is 0.260 e. The van der Waals surface area contributed by atoms with Crippen molar-refractivity contribution >= 4 is 17.4 Å². The predicted molar refractivity (Wildman–Crippen MR) is 106 cm³/mol. The van der Waals surface area contributed by atoms with Gasteiger partial charge in [0.05, 0.1) is 25.1 Å². The third kappa shape index (κ3) is 4.51. The summed E-state index contributed by atoms with van der Waals surface area (Å²) in [5.74, 6) is 1.58. The smallest absolute Gasteiger partial charge is 0.260 e. The molecule has 0 bridgehead atoms. The molecule has 8 nitrogen and oxygen atoms in total. The summed E-state index contributed by atoms with van der Waals surface area (Å²) in [5.41, 5.74) is 1.07. The topological polar surface area (TPSA) is 71.0 Å². The van der Waals surface area contributed by atoms with Crippen LogP contribution in [0.4, 0.5) is 11.5 Å². The van der Waals surface area contributed by atoms with E-state index in [0.29, 0.717) is 18.8 Å². The third-order valence-corrected chi connectivity index (χ3v) is 5.07. The monoisotopic (exact) mass is 383 g/mol. The minimum Gasteiger partial charge on any atom is -0.484 e. The molecule has 0 atom stereocenters. The summed E-state index contributed by atoms with van der Waals surface area (Å²) >= 11 is 0. The maximum atomic E-state index is 12.4. The quantitative estimate of drug-likeness (QED) is 0.764. The van der Waals surface area contributed by atoms with Crippen molar-refractivity contribution in [3.8, 4) is 5.75 Å². The Kier molecular flexibility index (Phi) is 5.86. The Labute approximate surface area is 164 Å². The zero-order valence-electron chi connectivity index (χ0n) is 15.9. The van der Waals surface area contributed by atoms with E-state index in [-0.39, 0.29) is 12.5 Å². The predicted octanol–water partition coefficient (Wildman–Crippen LogP) is 1.04. The number of nitrogens with zero attached hydrogens (tertiary/aromatic N) is 5. The van der Waals surface area contributed by atoms with Crippen LogP contribution in [0.25, 0.3) is 0 Å². The Morgan fingerprint density at radius 1 is 1.00 bits per heavy atom. The molecule has 2 aliphatic rings. The molecule has 0 N–H and O–H groups in total. The largest absolute Gasteiger partial charge is 0.484 e. The van der Waals surface area contributed by atoms with Crippen LogP contribution in [0, 0.1) is 0 Å². The van der Waals surface area contributed by atoms with Crippen LogP contribution in [-0.2, 0) is 9.53 Å². The van der Waals surface area contributed by atoms with Crippen LogP contribution >= 0.6 is 0 Å². The lowest BCUT2D eigenvalue weighted by atomic mass is 10.3. The van der Waals surface area contributed by atoms with E-state index in [4.69, 9.17) is 9.47 Å². The number of piperazine rings is 1. The van der Waals surface area contributed by atoms with Crippen molar-refractivity contribution in [3.63, 3.8) is 0 Å². The number of hydrogen-bond acceptors (Lipinski definition) is 7. The number of para-hydroxylation sites is 1. The van der Waals surface area contributed by atoms with Crippen LogP contribution < -0.4 is 14.5 Å². The molecule has 2 fully saturated rings. The molecular formula is C20H25N5O3. The molecule has 4 rings (SSSR count). The highest BCUT2D eigenvalue weighted by Gasteiger charge is 2.23. The van der Waals surface area contributed by atoms with Crippen molar-refractivity contribution < 1.29 is 14.3 Å². The zero-order valence-corrected chi connectivity index (χ0v) is 15.9. The van der Waals surface area contributed by atoms with Gasteiger partial charge in [-0.2, -0.15) is 5.10 Å². The van der Waals surface area contributed by atoms with Gasteiger partial charge in [-0.15, -0.1) is 5.10 Å². The van der Waals surface area contributed by atoms with E-state index in [1.165, 1.54) is 0 Å². The molecule has 1 aromatic heterocycles. The minimum atomic E-state index is 0.0108. The third-order valence-electron chi connectivity index (χ3n) is 5.07. The lowest BCUT2D eigenvalue weighted by Gasteiger charge is -2.35. The second kappa shape index (κ2) is 8.88. The van der Waals surface area contributed by atoms with Crippen LogP contribution in [0.2, 0.25) is 0 Å². The van der Waals surface area contributed by atoms with Gasteiger partial charge in [-0.25, -0.2) is 0 Å². The van der Waals surface area contributed by atoms with Crippen molar-refractivity contribution in [1.29, 1.82) is 0 Å². The molecule has 2 aromatic rings. The van der Waals surface area contributed by atoms with Gasteiger partial charge < -0.3 is 24.2 Å². The maximum absolute atomic E-state index is 12.4. The molecule has 2 aliphatic heterocycles. The molecule has 1 amide bonds. The fourth-order valence-electron chi connectivity index (χ4n) is 3.43. The Balaban J connectivity index is 1.29. The van der Waals surface area contributed by atoms with Gasteiger partial charge in [0.15, 0.2) is 12.4 Å². The average Bonchev–Trinajstić information content (AvgIpc) is 2.79. The molecule has 3 heterocycles. The SMILES string of the molecule is O=C(COc1ccccc1)N1CCN(c2cc(N3CCOCC3)cnn2)CC1. The number of ether oxygens (including phenoxy) is 2. The molecule has 148 valence electrons. The van der Waals surface area contributed by atoms with Gasteiger partial charge in [0.2, 0.25) is 0 Å². The molecular weight excluding hydrogens is 358 g/mol. The van der Waals surface area contributed by atoms with Gasteiger partial charge in [-0.05, 0) is 12.1 Å². The van der Waals surface area contributed by atoms with Crippen molar-refractivity contribution in [2.45, 2.75) is 0 Å². The number of morpholine rings is 1. The fourth-order valence-corrected chi connectivity index (χ4v) is 3.43. The molecule has 0 unspecified atom stereocenters. The summed E-state index contributed by atoms with van der Waals surface area (Å²) in [6, 6.07) is 11.5. The standard InChI is InChI=1S/C20H25N5O3/c26-20(16-28-18-4-2-1-3-5-18)25-8-6-24(7-9-25)19-14-17(15-21-22-19)23-10-12-27-13-11-23/h1-5,14-15H,6-13,16H2. The van der Waals surface area contributed by atoms with Gasteiger partial charge >= 0.3 is 0 Å². The zero-order chi connectivity index (χ0) is 19.2. The number of aromatic nitrogens is 2. The highest BCUT2D eigenvalue weighted by molar-refractivity contribution is 5.78. The Bertz CT molecular complexity index is 774. The van der Waals surface area contributed by atoms with Crippen molar-refractivity contribution in [2.24, 2.45) is 0 Å². The molecule has 0 radical (unpaired) electrons. The Hall–Kier alpha value is -2.87. The summed E-state index contributed by atoms with van der Waals surface area (Å²) in [4.78, 5) is 18.7. The van der Waals surface area contributed by atoms with E-state index in [1.807, 2.05) is 35.2 Å². The molecule has 0 aliphatic carbocycles. The second-order valence-corrected chi connectivity index (χ2v) is 6.84. The fraction of sp³-hybridized carbons (Fsp3) is 0.450. The summed E-state index contributed by atoms with van der Waals surface area (Å²) in [7, 11) is 0. The minimum absolute atomic E-state index is 0.0108. The number of benzene rings is 1. The molecule has 0 spiro atoms. The van der Waals surface area contributed by atoms with Crippen LogP contribution in [0.1, 0.15) is 0 Å². The molecule has 0 saturated carbocycles. The lowest BCUT2D eigenvalue weighted by molar-refractivity contribution is -0.133. The van der Waals surface area contributed by atoms with Crippen molar-refractivity contribution in [2.75, 3.05) is 68.9 Å². The van der Waals surface area contributed by atoms with E-state index < -0.39 is 0 Å². The Morgan fingerprint density at radius 2 is 1.75 bits per heavy atom. The average molecular weight is 383 g/mol. The molecule has 28 heavy (non-hydrogen) atoms. The van der Waals surface area contributed by atoms with Crippen molar-refractivity contribution in [3.05, 3.63) is 42.6 Å². The summed E-state index contributed by atoms with van der Waals surface area (Å²) in [6.45, 7) is 6.06. The van der Waals surface area contributed by atoms with Crippen LogP contribution in [-0.4, -0.2) is 80.1 Å². The van der Waals surface area contributed by atoms with E-state index in [2.05, 4.69) is 26.1 Å². The highest BCUT2D eigenvalue weighted by Crippen LogP contribution is 2.21. The van der Waals surface area contributed by atoms with E-state index >= 15 is 0 Å². The van der Waals surface area contributed by atoms with E-state index in [1.54, 1.807) is 6.20 Å². The summed E-state index contributed by atoms with van der Waals surface area (Å²) in [5, 5.41) is 8.47. The van der Waals surface area contributed by atoms with Crippen LogP contribution in [0.3, 0.4) is 0 Å². The van der Waals surface area contributed by atoms with E-state index in [0.717, 1.165) is 50.9 Å². The van der Waals surface area contributed by atoms with Crippen LogP contribution in [0.5, 0.6) is 5.75 Å². The van der Waals surface area contributed by atoms with Gasteiger partial charge in [-0.3, -0.25) is 4.79 Å². The second-order valence-electron chi connectivity index (χ2n) is 6.84. The number of carbonyl (C=O) groups is 1. The summed E-state index contributed by atoms with van der Waals surface area (Å²) in [6.07, 6.45) is 1.80. The van der Waals surface area contributed by atoms with Crippen molar-refractivity contribution in [1.82, 2.24) is 15.1 Å². The number of anilines is 2. The first kappa shape index (κ1) is 18.5. The number of carbonyl (C=O) groups excluding carboxylic acids is 1. The first-order chi connectivity index (χ1) is 13.8. The van der Waals surface area contributed by atoms with Crippen LogP contribution in [0.15, 0.2) is 42.6 Å². The highest BCUT2D eigenvalue weighted by atomic mass is 16.5. The van der Waals surface area contributed by atoms with Gasteiger partial charge in [0.25, 0.3) is 5.91 Å². The number of rotatable bonds is 5. The first-order valence-electron chi connectivity index (χ1n) is 9.65. The normalized spacial score (nSPS) is 17.5. The number of amides is 1. The van der Waals surface area contributed by atoms with Gasteiger partial charge in [-0.1, -0.05) is 18.2 Å². The molecule has 8 heteroatoms. The van der Waals surface area contributed by atoms with E-state index in [9.17, 15) is 4.79 Å². The lowest BCUT2D eigenvalue weighted by Crippen LogP contribution is -2.50. The first-order valence-corrected chi connectivity index (χ1v) is 9.65.